The number of hydrogen-bond donors (Lipinski definition) is 2. The number of rotatable bonds is 15. The van der Waals surface area contributed by atoms with Gasteiger partial charge >= 0.3 is 12.4 Å². The van der Waals surface area contributed by atoms with Gasteiger partial charge in [-0.3, -0.25) is 0 Å². The fourth-order valence-electron chi connectivity index (χ4n) is 4.87. The van der Waals surface area contributed by atoms with Crippen molar-refractivity contribution < 1.29 is 35.8 Å². The maximum atomic E-state index is 12.7. The van der Waals surface area contributed by atoms with Crippen molar-refractivity contribution in [1.82, 2.24) is 10.6 Å². The summed E-state index contributed by atoms with van der Waals surface area (Å²) in [6.07, 6.45) is -5.14. The molecule has 4 rings (SSSR count). The highest BCUT2D eigenvalue weighted by Crippen LogP contribution is 2.31. The molecule has 4 nitrogen and oxygen atoms in total. The molecule has 2 N–H and O–H groups in total. The summed E-state index contributed by atoms with van der Waals surface area (Å²) in [7, 11) is 0. The van der Waals surface area contributed by atoms with Crippen molar-refractivity contribution in [2.45, 2.75) is 51.1 Å². The van der Waals surface area contributed by atoms with Crippen molar-refractivity contribution in [3.63, 3.8) is 0 Å². The molecular weight excluding hydrogens is 558 g/mol. The van der Waals surface area contributed by atoms with E-state index in [1.54, 1.807) is 24.3 Å². The third-order valence-corrected chi connectivity index (χ3v) is 6.84. The Labute approximate surface area is 241 Å². The summed E-state index contributed by atoms with van der Waals surface area (Å²) in [5.74, 6) is 0.450. The molecule has 0 saturated carbocycles. The van der Waals surface area contributed by atoms with Gasteiger partial charge in [0.05, 0.1) is 0 Å². The van der Waals surface area contributed by atoms with E-state index in [-0.39, 0.29) is 11.5 Å². The lowest BCUT2D eigenvalue weighted by Gasteiger charge is -2.16. The zero-order valence-corrected chi connectivity index (χ0v) is 23.1. The second kappa shape index (κ2) is 14.6. The van der Waals surface area contributed by atoms with Crippen LogP contribution in [0.15, 0.2) is 72.8 Å². The molecule has 0 unspecified atom stereocenters. The number of unbranched alkanes of at least 4 members (excludes halogenated alkanes) is 3. The number of fused-ring (bicyclic) bond motifs is 2. The summed E-state index contributed by atoms with van der Waals surface area (Å²) in [6.45, 7) is -0.500. The van der Waals surface area contributed by atoms with E-state index in [2.05, 4.69) is 10.6 Å². The lowest BCUT2D eigenvalue weighted by atomic mass is 10.0. The molecule has 0 spiro atoms. The van der Waals surface area contributed by atoms with Gasteiger partial charge in [-0.2, -0.15) is 26.3 Å². The molecule has 0 aliphatic rings. The SMILES string of the molecule is FC(F)(F)COc1ccc2ccccc2c1CNCCCCCCNCc1c(OCC(F)(F)F)ccc2ccccc12. The van der Waals surface area contributed by atoms with E-state index in [0.717, 1.165) is 47.2 Å². The number of alkyl halides is 6. The van der Waals surface area contributed by atoms with E-state index in [1.807, 2.05) is 48.5 Å². The Morgan fingerprint density at radius 2 is 0.905 bits per heavy atom. The predicted octanol–water partition coefficient (Wildman–Crippen LogP) is 8.32. The first-order valence-electron chi connectivity index (χ1n) is 13.9. The van der Waals surface area contributed by atoms with Crippen LogP contribution in [0.2, 0.25) is 0 Å². The normalized spacial score (nSPS) is 12.2. The minimum atomic E-state index is -4.41. The van der Waals surface area contributed by atoms with Crippen LogP contribution < -0.4 is 20.1 Å². The van der Waals surface area contributed by atoms with Gasteiger partial charge in [0.2, 0.25) is 0 Å². The van der Waals surface area contributed by atoms with Crippen molar-refractivity contribution in [1.29, 1.82) is 0 Å². The van der Waals surface area contributed by atoms with Crippen LogP contribution in [0.3, 0.4) is 0 Å². The van der Waals surface area contributed by atoms with E-state index in [4.69, 9.17) is 9.47 Å². The Bertz CT molecular complexity index is 1330. The molecule has 0 atom stereocenters. The van der Waals surface area contributed by atoms with E-state index in [1.165, 1.54) is 0 Å². The van der Waals surface area contributed by atoms with Crippen LogP contribution in [0.1, 0.15) is 36.8 Å². The number of benzene rings is 4. The first-order chi connectivity index (χ1) is 20.1. The molecule has 0 aliphatic heterocycles. The van der Waals surface area contributed by atoms with Crippen LogP contribution >= 0.6 is 0 Å². The topological polar surface area (TPSA) is 42.5 Å². The molecular formula is C32H34F6N2O2. The van der Waals surface area contributed by atoms with E-state index >= 15 is 0 Å². The zero-order valence-electron chi connectivity index (χ0n) is 23.1. The van der Waals surface area contributed by atoms with Crippen molar-refractivity contribution >= 4 is 21.5 Å². The quantitative estimate of drug-likeness (QED) is 0.108. The predicted molar refractivity (Wildman–Crippen MR) is 153 cm³/mol. The molecule has 0 bridgehead atoms. The lowest BCUT2D eigenvalue weighted by Crippen LogP contribution is -2.21. The maximum absolute atomic E-state index is 12.7. The van der Waals surface area contributed by atoms with Gasteiger partial charge in [-0.05, 0) is 59.6 Å². The van der Waals surface area contributed by atoms with Crippen LogP contribution in [0.5, 0.6) is 11.5 Å². The Morgan fingerprint density at radius 3 is 1.31 bits per heavy atom. The molecule has 0 aromatic heterocycles. The van der Waals surface area contributed by atoms with Crippen LogP contribution in [0, 0.1) is 0 Å². The summed E-state index contributed by atoms with van der Waals surface area (Å²) in [4.78, 5) is 0. The van der Waals surface area contributed by atoms with Crippen molar-refractivity contribution in [3.05, 3.63) is 83.9 Å². The summed E-state index contributed by atoms with van der Waals surface area (Å²) >= 11 is 0. The van der Waals surface area contributed by atoms with Gasteiger partial charge in [-0.1, -0.05) is 73.5 Å². The van der Waals surface area contributed by atoms with Crippen molar-refractivity contribution in [3.8, 4) is 11.5 Å². The van der Waals surface area contributed by atoms with Gasteiger partial charge < -0.3 is 20.1 Å². The minimum absolute atomic E-state index is 0.225. The Hall–Kier alpha value is -3.50. The Morgan fingerprint density at radius 1 is 0.500 bits per heavy atom. The highest BCUT2D eigenvalue weighted by molar-refractivity contribution is 5.88. The maximum Gasteiger partial charge on any atom is 0.422 e. The standard InChI is InChI=1S/C32H34F6N2O2/c33-31(34,35)21-41-29-15-13-23-9-3-5-11-25(23)27(29)19-39-17-7-1-2-8-18-40-20-28-26-12-6-4-10-24(26)14-16-30(28)42-22-32(36,37)38/h3-6,9-16,39-40H,1-2,7-8,17-22H2. The Kier molecular flexibility index (Phi) is 10.9. The molecule has 0 heterocycles. The van der Waals surface area contributed by atoms with Gasteiger partial charge in [-0.25, -0.2) is 0 Å². The third kappa shape index (κ3) is 9.52. The van der Waals surface area contributed by atoms with Crippen LogP contribution in [0.4, 0.5) is 26.3 Å². The van der Waals surface area contributed by atoms with Crippen molar-refractivity contribution in [2.24, 2.45) is 0 Å². The number of nitrogens with one attached hydrogen (secondary N) is 2. The van der Waals surface area contributed by atoms with Crippen LogP contribution in [0.25, 0.3) is 21.5 Å². The van der Waals surface area contributed by atoms with Gasteiger partial charge in [0.15, 0.2) is 13.2 Å². The summed E-state index contributed by atoms with van der Waals surface area (Å²) in [5.41, 5.74) is 1.40. The molecule has 226 valence electrons. The van der Waals surface area contributed by atoms with Gasteiger partial charge in [0.25, 0.3) is 0 Å². The molecule has 42 heavy (non-hydrogen) atoms. The number of ether oxygens (including phenoxy) is 2. The van der Waals surface area contributed by atoms with E-state index in [0.29, 0.717) is 37.3 Å². The Balaban J connectivity index is 1.20. The largest absolute Gasteiger partial charge is 0.484 e. The second-order valence-electron chi connectivity index (χ2n) is 10.1. The first-order valence-corrected chi connectivity index (χ1v) is 13.9. The molecule has 0 fully saturated rings. The average Bonchev–Trinajstić information content (AvgIpc) is 2.95. The number of halogens is 6. The fraction of sp³-hybridized carbons (Fsp3) is 0.375. The minimum Gasteiger partial charge on any atom is -0.484 e. The highest BCUT2D eigenvalue weighted by atomic mass is 19.4. The lowest BCUT2D eigenvalue weighted by molar-refractivity contribution is -0.154. The van der Waals surface area contributed by atoms with E-state index in [9.17, 15) is 26.3 Å². The zero-order chi connectivity index (χ0) is 30.0. The second-order valence-corrected chi connectivity index (χ2v) is 10.1. The van der Waals surface area contributed by atoms with Gasteiger partial charge in [-0.15, -0.1) is 0 Å². The monoisotopic (exact) mass is 592 g/mol. The molecule has 0 aliphatic carbocycles. The molecule has 0 saturated heterocycles. The summed E-state index contributed by atoms with van der Waals surface area (Å²) < 4.78 is 86.6. The molecule has 0 amide bonds. The average molecular weight is 593 g/mol. The third-order valence-electron chi connectivity index (χ3n) is 6.84. The van der Waals surface area contributed by atoms with Gasteiger partial charge in [0.1, 0.15) is 11.5 Å². The highest BCUT2D eigenvalue weighted by Gasteiger charge is 2.29. The molecule has 10 heteroatoms. The summed E-state index contributed by atoms with van der Waals surface area (Å²) in [5, 5.41) is 10.2. The fourth-order valence-corrected chi connectivity index (χ4v) is 4.87. The summed E-state index contributed by atoms with van der Waals surface area (Å²) in [6, 6.07) is 21.7. The van der Waals surface area contributed by atoms with Crippen LogP contribution in [-0.2, 0) is 13.1 Å². The van der Waals surface area contributed by atoms with Gasteiger partial charge in [0, 0.05) is 24.2 Å². The molecule has 4 aromatic rings. The molecule has 4 aromatic carbocycles. The molecule has 0 radical (unpaired) electrons. The smallest absolute Gasteiger partial charge is 0.422 e. The van der Waals surface area contributed by atoms with E-state index < -0.39 is 25.6 Å². The first kappa shape index (κ1) is 31.4. The number of hydrogen-bond acceptors (Lipinski definition) is 4. The van der Waals surface area contributed by atoms with Crippen molar-refractivity contribution in [2.75, 3.05) is 26.3 Å². The van der Waals surface area contributed by atoms with Crippen LogP contribution in [-0.4, -0.2) is 38.7 Å².